The fraction of sp³-hybridized carbons (Fsp3) is 0.0625. The van der Waals surface area contributed by atoms with Crippen LogP contribution in [0.25, 0.3) is 6.08 Å². The zero-order valence-corrected chi connectivity index (χ0v) is 14.6. The van der Waals surface area contributed by atoms with Gasteiger partial charge in [-0.2, -0.15) is 0 Å². The lowest BCUT2D eigenvalue weighted by Gasteiger charge is -2.04. The molecule has 1 aliphatic heterocycles. The van der Waals surface area contributed by atoms with E-state index in [0.29, 0.717) is 27.3 Å². The van der Waals surface area contributed by atoms with Gasteiger partial charge >= 0.3 is 5.97 Å². The molecule has 0 spiro atoms. The molecule has 1 aliphatic rings. The number of esters is 1. The Morgan fingerprint density at radius 3 is 2.61 bits per heavy atom. The van der Waals surface area contributed by atoms with Crippen LogP contribution in [0.1, 0.15) is 5.56 Å². The smallest absolute Gasteiger partial charge is 0.336 e. The van der Waals surface area contributed by atoms with Gasteiger partial charge in [-0.3, -0.25) is 0 Å². The first kappa shape index (κ1) is 16.2. The summed E-state index contributed by atoms with van der Waals surface area (Å²) in [4.78, 5) is 11.9. The van der Waals surface area contributed by atoms with E-state index in [2.05, 4.69) is 15.9 Å². The zero-order chi connectivity index (χ0) is 16.4. The second-order valence-electron chi connectivity index (χ2n) is 4.56. The van der Waals surface area contributed by atoms with Crippen molar-refractivity contribution in [1.82, 2.24) is 0 Å². The Hall–Kier alpha value is -1.69. The molecule has 1 heterocycles. The van der Waals surface area contributed by atoms with Crippen molar-refractivity contribution in [2.24, 2.45) is 0 Å². The summed E-state index contributed by atoms with van der Waals surface area (Å²) in [6.07, 6.45) is 2.93. The van der Waals surface area contributed by atoms with Gasteiger partial charge in [0.1, 0.15) is 5.75 Å². The predicted octanol–water partition coefficient (Wildman–Crippen LogP) is 5.10. The lowest BCUT2D eigenvalue weighted by atomic mass is 10.2. The van der Waals surface area contributed by atoms with E-state index in [1.807, 2.05) is 0 Å². The molecule has 4 nitrogen and oxygen atoms in total. The SMILES string of the molecule is O=C(/C=C/c1cc2c(cc1Br)OCO2)Oc1ccc(Cl)c(Cl)c1. The number of benzene rings is 2. The number of hydrogen-bond donors (Lipinski definition) is 0. The molecule has 0 N–H and O–H groups in total. The monoisotopic (exact) mass is 414 g/mol. The molecule has 2 aromatic carbocycles. The van der Waals surface area contributed by atoms with Gasteiger partial charge in [-0.25, -0.2) is 4.79 Å². The Balaban J connectivity index is 1.72. The molecular formula is C16H9BrCl2O4. The van der Waals surface area contributed by atoms with Gasteiger partial charge in [0.15, 0.2) is 11.5 Å². The van der Waals surface area contributed by atoms with E-state index in [1.165, 1.54) is 12.1 Å². The van der Waals surface area contributed by atoms with Crippen LogP contribution in [0.5, 0.6) is 17.2 Å². The van der Waals surface area contributed by atoms with E-state index in [0.717, 1.165) is 10.0 Å². The summed E-state index contributed by atoms with van der Waals surface area (Å²) >= 11 is 15.1. The Labute approximate surface area is 150 Å². The van der Waals surface area contributed by atoms with Crippen LogP contribution in [0, 0.1) is 0 Å². The van der Waals surface area contributed by atoms with Crippen LogP contribution >= 0.6 is 39.1 Å². The van der Waals surface area contributed by atoms with Gasteiger partial charge < -0.3 is 14.2 Å². The molecule has 0 aliphatic carbocycles. The lowest BCUT2D eigenvalue weighted by molar-refractivity contribution is -0.128. The van der Waals surface area contributed by atoms with Crippen LogP contribution in [0.3, 0.4) is 0 Å². The van der Waals surface area contributed by atoms with Gasteiger partial charge in [0, 0.05) is 16.6 Å². The van der Waals surface area contributed by atoms with Crippen LogP contribution in [0.15, 0.2) is 40.9 Å². The number of halogens is 3. The molecule has 0 aromatic heterocycles. The summed E-state index contributed by atoms with van der Waals surface area (Å²) in [5, 5.41) is 0.714. The molecule has 0 unspecified atom stereocenters. The van der Waals surface area contributed by atoms with Gasteiger partial charge in [0.05, 0.1) is 10.0 Å². The molecule has 0 saturated heterocycles. The van der Waals surface area contributed by atoms with E-state index in [9.17, 15) is 4.79 Å². The fourth-order valence-corrected chi connectivity index (χ4v) is 2.65. The Morgan fingerprint density at radius 1 is 1.13 bits per heavy atom. The number of hydrogen-bond acceptors (Lipinski definition) is 4. The molecule has 23 heavy (non-hydrogen) atoms. The van der Waals surface area contributed by atoms with Crippen molar-refractivity contribution in [2.75, 3.05) is 6.79 Å². The lowest BCUT2D eigenvalue weighted by Crippen LogP contribution is -2.03. The standard InChI is InChI=1S/C16H9BrCl2O4/c17-11-7-15-14(21-8-22-15)5-9(11)1-4-16(20)23-10-2-3-12(18)13(19)6-10/h1-7H,8H2/b4-1+. The predicted molar refractivity (Wildman–Crippen MR) is 91.4 cm³/mol. The third-order valence-electron chi connectivity index (χ3n) is 3.00. The fourth-order valence-electron chi connectivity index (χ4n) is 1.91. The summed E-state index contributed by atoms with van der Waals surface area (Å²) in [7, 11) is 0. The summed E-state index contributed by atoms with van der Waals surface area (Å²) in [6, 6.07) is 8.16. The van der Waals surface area contributed by atoms with E-state index >= 15 is 0 Å². The highest BCUT2D eigenvalue weighted by atomic mass is 79.9. The number of ether oxygens (including phenoxy) is 3. The molecule has 0 bridgehead atoms. The Kier molecular flexibility index (Phi) is 4.80. The van der Waals surface area contributed by atoms with Crippen LogP contribution in [0.2, 0.25) is 10.0 Å². The first-order valence-corrected chi connectivity index (χ1v) is 8.02. The maximum atomic E-state index is 11.9. The molecule has 118 valence electrons. The quantitative estimate of drug-likeness (QED) is 0.397. The molecule has 7 heteroatoms. The third kappa shape index (κ3) is 3.80. The minimum atomic E-state index is -0.534. The van der Waals surface area contributed by atoms with Crippen molar-refractivity contribution in [1.29, 1.82) is 0 Å². The highest BCUT2D eigenvalue weighted by Crippen LogP contribution is 2.37. The largest absolute Gasteiger partial charge is 0.454 e. The van der Waals surface area contributed by atoms with Crippen molar-refractivity contribution < 1.29 is 19.0 Å². The van der Waals surface area contributed by atoms with Crippen LogP contribution in [0.4, 0.5) is 0 Å². The average molecular weight is 416 g/mol. The van der Waals surface area contributed by atoms with E-state index in [1.54, 1.807) is 30.3 Å². The minimum absolute atomic E-state index is 0.189. The van der Waals surface area contributed by atoms with Gasteiger partial charge in [-0.1, -0.05) is 39.1 Å². The van der Waals surface area contributed by atoms with E-state index < -0.39 is 5.97 Å². The van der Waals surface area contributed by atoms with Crippen molar-refractivity contribution in [2.45, 2.75) is 0 Å². The maximum Gasteiger partial charge on any atom is 0.336 e. The zero-order valence-electron chi connectivity index (χ0n) is 11.5. The van der Waals surface area contributed by atoms with E-state index in [-0.39, 0.29) is 6.79 Å². The third-order valence-corrected chi connectivity index (χ3v) is 4.43. The van der Waals surface area contributed by atoms with Gasteiger partial charge in [0.25, 0.3) is 0 Å². The highest BCUT2D eigenvalue weighted by molar-refractivity contribution is 9.10. The maximum absolute atomic E-state index is 11.9. The van der Waals surface area contributed by atoms with Crippen LogP contribution < -0.4 is 14.2 Å². The van der Waals surface area contributed by atoms with Crippen molar-refractivity contribution in [3.8, 4) is 17.2 Å². The number of fused-ring (bicyclic) bond motifs is 1. The van der Waals surface area contributed by atoms with E-state index in [4.69, 9.17) is 37.4 Å². The summed E-state index contributed by atoms with van der Waals surface area (Å²) in [5.41, 5.74) is 0.764. The van der Waals surface area contributed by atoms with Gasteiger partial charge in [-0.15, -0.1) is 0 Å². The van der Waals surface area contributed by atoms with Crippen molar-refractivity contribution >= 4 is 51.2 Å². The molecule has 2 aromatic rings. The number of carbonyl (C=O) groups is 1. The first-order chi connectivity index (χ1) is 11.0. The Morgan fingerprint density at radius 2 is 1.87 bits per heavy atom. The second kappa shape index (κ2) is 6.83. The normalized spacial score (nSPS) is 12.7. The summed E-state index contributed by atoms with van der Waals surface area (Å²) < 4.78 is 16.5. The summed E-state index contributed by atoms with van der Waals surface area (Å²) in [5.74, 6) is 1.07. The molecule has 0 atom stereocenters. The van der Waals surface area contributed by atoms with Crippen molar-refractivity contribution in [3.05, 3.63) is 56.5 Å². The molecule has 3 rings (SSSR count). The van der Waals surface area contributed by atoms with Crippen LogP contribution in [-0.4, -0.2) is 12.8 Å². The first-order valence-electron chi connectivity index (χ1n) is 6.47. The second-order valence-corrected chi connectivity index (χ2v) is 6.23. The Bertz CT molecular complexity index is 805. The average Bonchev–Trinajstić information content (AvgIpc) is 2.95. The summed E-state index contributed by atoms with van der Waals surface area (Å²) in [6.45, 7) is 0.189. The molecule has 0 radical (unpaired) electrons. The molecule has 0 saturated carbocycles. The molecular weight excluding hydrogens is 407 g/mol. The van der Waals surface area contributed by atoms with Crippen LogP contribution in [-0.2, 0) is 4.79 Å². The molecule has 0 amide bonds. The molecule has 0 fully saturated rings. The topological polar surface area (TPSA) is 44.8 Å². The number of carbonyl (C=O) groups excluding carboxylic acids is 1. The highest BCUT2D eigenvalue weighted by Gasteiger charge is 2.15. The van der Waals surface area contributed by atoms with Crippen molar-refractivity contribution in [3.63, 3.8) is 0 Å². The van der Waals surface area contributed by atoms with Gasteiger partial charge in [0.2, 0.25) is 6.79 Å². The minimum Gasteiger partial charge on any atom is -0.454 e. The van der Waals surface area contributed by atoms with Gasteiger partial charge in [-0.05, 0) is 35.9 Å². The number of rotatable bonds is 3.